The molecule has 33 heavy (non-hydrogen) atoms. The topological polar surface area (TPSA) is 121 Å². The van der Waals surface area contributed by atoms with E-state index in [1.165, 1.54) is 12.5 Å². The van der Waals surface area contributed by atoms with Crippen molar-refractivity contribution < 1.29 is 19.1 Å². The van der Waals surface area contributed by atoms with Crippen molar-refractivity contribution in [1.29, 1.82) is 0 Å². The van der Waals surface area contributed by atoms with Crippen molar-refractivity contribution in [3.8, 4) is 16.9 Å². The fraction of sp³-hybridized carbons (Fsp3) is 0.250. The quantitative estimate of drug-likeness (QED) is 0.520. The van der Waals surface area contributed by atoms with Crippen molar-refractivity contribution >= 4 is 11.8 Å². The number of carbonyl (C=O) groups is 2. The molecule has 3 N–H and O–H groups in total. The Bertz CT molecular complexity index is 1150. The first kappa shape index (κ1) is 22.1. The molecule has 0 radical (unpaired) electrons. The SMILES string of the molecule is CCCCC(NC(=O)c1cccnc1-n1cc(-c2ccccc2)cn1)C1(C(N)=O)OC=CO1. The van der Waals surface area contributed by atoms with Gasteiger partial charge in [-0.25, -0.2) is 9.67 Å². The van der Waals surface area contributed by atoms with Gasteiger partial charge in [0.2, 0.25) is 0 Å². The van der Waals surface area contributed by atoms with E-state index in [1.807, 2.05) is 37.3 Å². The Morgan fingerprint density at radius 3 is 2.58 bits per heavy atom. The predicted octanol–water partition coefficient (Wildman–Crippen LogP) is 2.92. The van der Waals surface area contributed by atoms with Crippen LogP contribution < -0.4 is 11.1 Å². The highest BCUT2D eigenvalue weighted by Gasteiger charge is 2.51. The van der Waals surface area contributed by atoms with Crippen molar-refractivity contribution in [1.82, 2.24) is 20.1 Å². The van der Waals surface area contributed by atoms with E-state index in [2.05, 4.69) is 15.4 Å². The summed E-state index contributed by atoms with van der Waals surface area (Å²) in [6.07, 6.45) is 9.62. The second-order valence-corrected chi connectivity index (χ2v) is 7.62. The molecule has 2 aromatic heterocycles. The first-order valence-corrected chi connectivity index (χ1v) is 10.7. The summed E-state index contributed by atoms with van der Waals surface area (Å²) in [5, 5.41) is 7.26. The van der Waals surface area contributed by atoms with Crippen molar-refractivity contribution in [3.05, 3.63) is 79.1 Å². The second kappa shape index (κ2) is 9.56. The summed E-state index contributed by atoms with van der Waals surface area (Å²) in [5.74, 6) is -2.71. The minimum atomic E-state index is -1.79. The molecular weight excluding hydrogens is 422 g/mol. The van der Waals surface area contributed by atoms with E-state index in [0.29, 0.717) is 12.2 Å². The van der Waals surface area contributed by atoms with E-state index in [0.717, 1.165) is 24.0 Å². The van der Waals surface area contributed by atoms with E-state index in [9.17, 15) is 9.59 Å². The molecule has 170 valence electrons. The zero-order chi connectivity index (χ0) is 23.3. The maximum absolute atomic E-state index is 13.3. The minimum Gasteiger partial charge on any atom is -0.447 e. The molecule has 0 aliphatic carbocycles. The number of unbranched alkanes of at least 4 members (excludes halogenated alkanes) is 1. The molecule has 0 fully saturated rings. The third kappa shape index (κ3) is 4.43. The lowest BCUT2D eigenvalue weighted by atomic mass is 9.99. The first-order chi connectivity index (χ1) is 16.0. The Hall–Kier alpha value is -4.14. The van der Waals surface area contributed by atoms with Gasteiger partial charge in [0.1, 0.15) is 18.6 Å². The number of hydrogen-bond donors (Lipinski definition) is 2. The van der Waals surface area contributed by atoms with Gasteiger partial charge in [0.15, 0.2) is 5.82 Å². The molecule has 0 bridgehead atoms. The predicted molar refractivity (Wildman–Crippen MR) is 121 cm³/mol. The summed E-state index contributed by atoms with van der Waals surface area (Å²) < 4.78 is 12.4. The number of rotatable bonds is 9. The third-order valence-electron chi connectivity index (χ3n) is 5.43. The van der Waals surface area contributed by atoms with Crippen LogP contribution in [0.4, 0.5) is 0 Å². The Morgan fingerprint density at radius 2 is 1.88 bits per heavy atom. The van der Waals surface area contributed by atoms with Gasteiger partial charge in [0.25, 0.3) is 5.91 Å². The number of nitrogens with zero attached hydrogens (tertiary/aromatic N) is 3. The molecule has 1 aliphatic heterocycles. The van der Waals surface area contributed by atoms with Gasteiger partial charge in [-0.1, -0.05) is 50.1 Å². The smallest absolute Gasteiger partial charge is 0.351 e. The van der Waals surface area contributed by atoms with Gasteiger partial charge in [-0.2, -0.15) is 5.10 Å². The molecule has 0 spiro atoms. The van der Waals surface area contributed by atoms with Crippen LogP contribution in [-0.2, 0) is 14.3 Å². The molecule has 2 amide bonds. The highest BCUT2D eigenvalue weighted by atomic mass is 16.7. The Balaban J connectivity index is 1.62. The highest BCUT2D eigenvalue weighted by molar-refractivity contribution is 5.98. The number of carbonyl (C=O) groups excluding carboxylic acids is 2. The maximum atomic E-state index is 13.3. The van der Waals surface area contributed by atoms with Crippen LogP contribution in [0.15, 0.2) is 73.6 Å². The fourth-order valence-electron chi connectivity index (χ4n) is 3.71. The molecule has 9 heteroatoms. The van der Waals surface area contributed by atoms with Crippen LogP contribution in [0.3, 0.4) is 0 Å². The molecule has 3 heterocycles. The first-order valence-electron chi connectivity index (χ1n) is 10.7. The average molecular weight is 447 g/mol. The van der Waals surface area contributed by atoms with E-state index >= 15 is 0 Å². The van der Waals surface area contributed by atoms with Gasteiger partial charge in [-0.15, -0.1) is 0 Å². The van der Waals surface area contributed by atoms with Gasteiger partial charge in [0.05, 0.1) is 11.8 Å². The molecular formula is C24H25N5O4. The molecule has 0 saturated heterocycles. The summed E-state index contributed by atoms with van der Waals surface area (Å²) in [5.41, 5.74) is 7.76. The molecule has 1 aliphatic rings. The number of amides is 2. The van der Waals surface area contributed by atoms with Crippen molar-refractivity contribution in [2.24, 2.45) is 5.73 Å². The molecule has 9 nitrogen and oxygen atoms in total. The van der Waals surface area contributed by atoms with Crippen molar-refractivity contribution in [2.75, 3.05) is 0 Å². The Morgan fingerprint density at radius 1 is 1.12 bits per heavy atom. The van der Waals surface area contributed by atoms with E-state index < -0.39 is 23.6 Å². The molecule has 1 unspecified atom stereocenters. The average Bonchev–Trinajstić information content (AvgIpc) is 3.53. The van der Waals surface area contributed by atoms with Gasteiger partial charge in [-0.3, -0.25) is 9.59 Å². The third-order valence-corrected chi connectivity index (χ3v) is 5.43. The molecule has 0 saturated carbocycles. The van der Waals surface area contributed by atoms with Gasteiger partial charge in [-0.05, 0) is 24.1 Å². The number of ether oxygens (including phenoxy) is 2. The summed E-state index contributed by atoms with van der Waals surface area (Å²) in [6, 6.07) is 12.3. The normalized spacial score (nSPS) is 14.8. The van der Waals surface area contributed by atoms with Crippen LogP contribution >= 0.6 is 0 Å². The van der Waals surface area contributed by atoms with E-state index in [4.69, 9.17) is 15.2 Å². The van der Waals surface area contributed by atoms with Gasteiger partial charge >= 0.3 is 11.7 Å². The molecule has 4 rings (SSSR count). The van der Waals surface area contributed by atoms with Crippen LogP contribution in [0.5, 0.6) is 0 Å². The summed E-state index contributed by atoms with van der Waals surface area (Å²) >= 11 is 0. The Kier molecular flexibility index (Phi) is 6.39. The number of aromatic nitrogens is 3. The van der Waals surface area contributed by atoms with Crippen LogP contribution in [-0.4, -0.2) is 38.4 Å². The summed E-state index contributed by atoms with van der Waals surface area (Å²) in [4.78, 5) is 29.9. The maximum Gasteiger partial charge on any atom is 0.351 e. The van der Waals surface area contributed by atoms with E-state index in [1.54, 1.807) is 35.4 Å². The summed E-state index contributed by atoms with van der Waals surface area (Å²) in [7, 11) is 0. The minimum absolute atomic E-state index is 0.285. The summed E-state index contributed by atoms with van der Waals surface area (Å²) in [6.45, 7) is 2.01. The number of primary amides is 1. The zero-order valence-electron chi connectivity index (χ0n) is 18.2. The lowest BCUT2D eigenvalue weighted by molar-refractivity contribution is -0.182. The van der Waals surface area contributed by atoms with Gasteiger partial charge in [0, 0.05) is 18.0 Å². The Labute approximate surface area is 191 Å². The highest BCUT2D eigenvalue weighted by Crippen LogP contribution is 2.28. The van der Waals surface area contributed by atoms with Gasteiger partial charge < -0.3 is 20.5 Å². The van der Waals surface area contributed by atoms with Crippen LogP contribution in [0.2, 0.25) is 0 Å². The van der Waals surface area contributed by atoms with Crippen LogP contribution in [0.1, 0.15) is 36.5 Å². The lowest BCUT2D eigenvalue weighted by Gasteiger charge is -2.33. The van der Waals surface area contributed by atoms with Crippen LogP contribution in [0.25, 0.3) is 16.9 Å². The molecule has 1 aromatic carbocycles. The number of hydrogen-bond acceptors (Lipinski definition) is 6. The number of benzene rings is 1. The zero-order valence-corrected chi connectivity index (χ0v) is 18.2. The number of pyridine rings is 1. The van der Waals surface area contributed by atoms with Crippen molar-refractivity contribution in [2.45, 2.75) is 38.0 Å². The van der Waals surface area contributed by atoms with E-state index in [-0.39, 0.29) is 5.56 Å². The monoisotopic (exact) mass is 447 g/mol. The fourth-order valence-corrected chi connectivity index (χ4v) is 3.71. The lowest BCUT2D eigenvalue weighted by Crippen LogP contribution is -2.60. The molecule has 1 atom stereocenters. The standard InChI is InChI=1S/C24H25N5O4/c1-2-3-11-20(24(23(25)31)32-13-14-33-24)28-22(30)19-10-7-12-26-21(19)29-16-18(15-27-29)17-8-5-4-6-9-17/h4-10,12-16,20H,2-3,11H2,1H3,(H2,25,31)(H,28,30). The second-order valence-electron chi connectivity index (χ2n) is 7.62. The number of nitrogens with one attached hydrogen (secondary N) is 1. The number of nitrogens with two attached hydrogens (primary N) is 1. The molecule has 3 aromatic rings. The van der Waals surface area contributed by atoms with Crippen molar-refractivity contribution in [3.63, 3.8) is 0 Å². The van der Waals surface area contributed by atoms with Crippen LogP contribution in [0, 0.1) is 0 Å². The largest absolute Gasteiger partial charge is 0.447 e.